The standard InChI is InChI=1S/C24H25NO4/c1-4-5-6-18-23-16(7-8-20(26-2)24(23)27-3)11-19-17-13-22-21(28-14-29-22)12-15(17)9-10-25(18)19/h4,7-8,11-13,18H,1,5-6,9-10,14H2,2-3H3/t18-/m1/s1. The van der Waals surface area contributed by atoms with Gasteiger partial charge in [0.2, 0.25) is 6.79 Å². The van der Waals surface area contributed by atoms with Crippen molar-refractivity contribution < 1.29 is 18.9 Å². The monoisotopic (exact) mass is 391 g/mol. The largest absolute Gasteiger partial charge is 0.493 e. The van der Waals surface area contributed by atoms with Crippen LogP contribution in [0.1, 0.15) is 41.1 Å². The van der Waals surface area contributed by atoms with E-state index in [2.05, 4.69) is 35.8 Å². The van der Waals surface area contributed by atoms with Crippen LogP contribution in [-0.2, 0) is 6.42 Å². The molecule has 150 valence electrons. The van der Waals surface area contributed by atoms with E-state index >= 15 is 0 Å². The number of rotatable bonds is 5. The van der Waals surface area contributed by atoms with E-state index in [0.29, 0.717) is 6.79 Å². The first kappa shape index (κ1) is 18.0. The molecule has 0 aromatic heterocycles. The summed E-state index contributed by atoms with van der Waals surface area (Å²) in [4.78, 5) is 2.50. The zero-order valence-corrected chi connectivity index (χ0v) is 16.9. The van der Waals surface area contributed by atoms with Crippen LogP contribution in [0.25, 0.3) is 11.8 Å². The molecular weight excluding hydrogens is 366 g/mol. The van der Waals surface area contributed by atoms with E-state index in [0.717, 1.165) is 48.8 Å². The van der Waals surface area contributed by atoms with Crippen molar-refractivity contribution in [2.24, 2.45) is 0 Å². The van der Waals surface area contributed by atoms with Crippen molar-refractivity contribution in [2.75, 3.05) is 27.6 Å². The first-order chi connectivity index (χ1) is 14.2. The topological polar surface area (TPSA) is 40.2 Å². The van der Waals surface area contributed by atoms with Gasteiger partial charge in [-0.2, -0.15) is 0 Å². The number of allylic oxidation sites excluding steroid dienone is 1. The summed E-state index contributed by atoms with van der Waals surface area (Å²) in [6, 6.07) is 8.58. The summed E-state index contributed by atoms with van der Waals surface area (Å²) in [6.45, 7) is 5.18. The van der Waals surface area contributed by atoms with E-state index in [1.165, 1.54) is 28.0 Å². The minimum Gasteiger partial charge on any atom is -0.493 e. The first-order valence-electron chi connectivity index (χ1n) is 10.0. The fraction of sp³-hybridized carbons (Fsp3) is 0.333. The van der Waals surface area contributed by atoms with Crippen molar-refractivity contribution in [3.05, 3.63) is 59.2 Å². The van der Waals surface area contributed by atoms with Crippen LogP contribution in [-0.4, -0.2) is 32.5 Å². The molecule has 0 saturated heterocycles. The Morgan fingerprint density at radius 1 is 1.17 bits per heavy atom. The summed E-state index contributed by atoms with van der Waals surface area (Å²) in [5.74, 6) is 3.27. The summed E-state index contributed by atoms with van der Waals surface area (Å²) >= 11 is 0. The third-order valence-electron chi connectivity index (χ3n) is 6.07. The van der Waals surface area contributed by atoms with Crippen LogP contribution in [0.2, 0.25) is 0 Å². The van der Waals surface area contributed by atoms with E-state index in [9.17, 15) is 0 Å². The van der Waals surface area contributed by atoms with E-state index in [1.54, 1.807) is 14.2 Å². The van der Waals surface area contributed by atoms with Gasteiger partial charge in [0.05, 0.1) is 20.3 Å². The number of nitrogens with zero attached hydrogens (tertiary/aromatic N) is 1. The second-order valence-electron chi connectivity index (χ2n) is 7.52. The molecule has 0 amide bonds. The van der Waals surface area contributed by atoms with Crippen LogP contribution in [0.15, 0.2) is 36.9 Å². The van der Waals surface area contributed by atoms with Crippen LogP contribution in [0.3, 0.4) is 0 Å². The molecule has 2 aromatic carbocycles. The normalized spacial score (nSPS) is 18.3. The molecular formula is C24H25NO4. The maximum atomic E-state index is 5.81. The van der Waals surface area contributed by atoms with E-state index in [4.69, 9.17) is 18.9 Å². The Morgan fingerprint density at radius 3 is 2.76 bits per heavy atom. The number of benzene rings is 2. The molecule has 5 nitrogen and oxygen atoms in total. The number of hydrogen-bond donors (Lipinski definition) is 0. The smallest absolute Gasteiger partial charge is 0.231 e. The van der Waals surface area contributed by atoms with Crippen molar-refractivity contribution in [3.63, 3.8) is 0 Å². The Labute approximate surface area is 171 Å². The lowest BCUT2D eigenvalue weighted by molar-refractivity contribution is 0.174. The second-order valence-corrected chi connectivity index (χ2v) is 7.52. The number of hydrogen-bond acceptors (Lipinski definition) is 5. The van der Waals surface area contributed by atoms with Crippen molar-refractivity contribution in [1.82, 2.24) is 4.90 Å². The summed E-state index contributed by atoms with van der Waals surface area (Å²) in [6.07, 6.45) is 7.12. The summed E-state index contributed by atoms with van der Waals surface area (Å²) in [7, 11) is 3.40. The minimum atomic E-state index is 0.201. The highest BCUT2D eigenvalue weighted by Crippen LogP contribution is 2.50. The van der Waals surface area contributed by atoms with Gasteiger partial charge in [-0.1, -0.05) is 12.1 Å². The molecule has 0 aliphatic carbocycles. The van der Waals surface area contributed by atoms with Crippen molar-refractivity contribution in [3.8, 4) is 23.0 Å². The summed E-state index contributed by atoms with van der Waals surface area (Å²) in [5, 5.41) is 0. The van der Waals surface area contributed by atoms with Gasteiger partial charge in [0.15, 0.2) is 23.0 Å². The Bertz CT molecular complexity index is 1010. The average molecular weight is 391 g/mol. The molecule has 3 aliphatic heterocycles. The molecule has 0 unspecified atom stereocenters. The maximum Gasteiger partial charge on any atom is 0.231 e. The summed E-state index contributed by atoms with van der Waals surface area (Å²) in [5.41, 5.74) is 6.14. The molecule has 5 heteroatoms. The Kier molecular flexibility index (Phi) is 4.38. The fourth-order valence-electron chi connectivity index (χ4n) is 4.74. The highest BCUT2D eigenvalue weighted by Gasteiger charge is 2.36. The molecule has 0 N–H and O–H groups in total. The third kappa shape index (κ3) is 2.76. The number of methoxy groups -OCH3 is 2. The lowest BCUT2D eigenvalue weighted by Gasteiger charge is -2.43. The van der Waals surface area contributed by atoms with Gasteiger partial charge in [-0.15, -0.1) is 6.58 Å². The molecule has 3 heterocycles. The lowest BCUT2D eigenvalue weighted by atomic mass is 9.84. The molecule has 29 heavy (non-hydrogen) atoms. The zero-order valence-electron chi connectivity index (χ0n) is 16.9. The Balaban J connectivity index is 1.69. The highest BCUT2D eigenvalue weighted by molar-refractivity contribution is 5.88. The number of ether oxygens (including phenoxy) is 4. The van der Waals surface area contributed by atoms with Gasteiger partial charge in [-0.05, 0) is 54.7 Å². The Hall–Kier alpha value is -3.08. The van der Waals surface area contributed by atoms with Gasteiger partial charge in [-0.3, -0.25) is 0 Å². The molecule has 0 saturated carbocycles. The van der Waals surface area contributed by atoms with Crippen molar-refractivity contribution >= 4 is 11.8 Å². The van der Waals surface area contributed by atoms with Gasteiger partial charge < -0.3 is 23.8 Å². The molecule has 0 spiro atoms. The van der Waals surface area contributed by atoms with Crippen LogP contribution < -0.4 is 18.9 Å². The van der Waals surface area contributed by atoms with Gasteiger partial charge in [0.1, 0.15) is 0 Å². The second kappa shape index (κ2) is 7.07. The lowest BCUT2D eigenvalue weighted by Crippen LogP contribution is -2.35. The molecule has 0 bridgehead atoms. The maximum absolute atomic E-state index is 5.81. The highest BCUT2D eigenvalue weighted by atomic mass is 16.7. The van der Waals surface area contributed by atoms with E-state index in [-0.39, 0.29) is 6.04 Å². The molecule has 3 aliphatic rings. The molecule has 1 atom stereocenters. The van der Waals surface area contributed by atoms with Crippen LogP contribution >= 0.6 is 0 Å². The number of fused-ring (bicyclic) bond motifs is 5. The Morgan fingerprint density at radius 2 is 2.00 bits per heavy atom. The quantitative estimate of drug-likeness (QED) is 0.684. The van der Waals surface area contributed by atoms with Gasteiger partial charge >= 0.3 is 0 Å². The van der Waals surface area contributed by atoms with Crippen LogP contribution in [0, 0.1) is 0 Å². The van der Waals surface area contributed by atoms with Gasteiger partial charge in [0, 0.05) is 23.4 Å². The van der Waals surface area contributed by atoms with Gasteiger partial charge in [0.25, 0.3) is 0 Å². The van der Waals surface area contributed by atoms with Crippen LogP contribution in [0.4, 0.5) is 0 Å². The SMILES string of the molecule is C=CCC[C@@H]1c2c(ccc(OC)c2OC)C=C2c3cc4c(cc3CCN21)OCO4. The average Bonchev–Trinajstić information content (AvgIpc) is 3.21. The predicted molar refractivity (Wildman–Crippen MR) is 113 cm³/mol. The van der Waals surface area contributed by atoms with Crippen molar-refractivity contribution in [2.45, 2.75) is 25.3 Å². The van der Waals surface area contributed by atoms with Crippen LogP contribution in [0.5, 0.6) is 23.0 Å². The first-order valence-corrected chi connectivity index (χ1v) is 10.0. The van der Waals surface area contributed by atoms with Gasteiger partial charge in [-0.25, -0.2) is 0 Å². The molecule has 5 rings (SSSR count). The molecule has 0 fully saturated rings. The summed E-state index contributed by atoms with van der Waals surface area (Å²) < 4.78 is 22.6. The minimum absolute atomic E-state index is 0.201. The third-order valence-corrected chi connectivity index (χ3v) is 6.07. The predicted octanol–water partition coefficient (Wildman–Crippen LogP) is 4.81. The molecule has 2 aromatic rings. The van der Waals surface area contributed by atoms with Crippen molar-refractivity contribution in [1.29, 1.82) is 0 Å². The fourth-order valence-corrected chi connectivity index (χ4v) is 4.74. The van der Waals surface area contributed by atoms with E-state index in [1.807, 2.05) is 12.1 Å². The molecule has 0 radical (unpaired) electrons. The van der Waals surface area contributed by atoms with E-state index < -0.39 is 0 Å². The zero-order chi connectivity index (χ0) is 20.0.